The van der Waals surface area contributed by atoms with Gasteiger partial charge in [-0.15, -0.1) is 11.3 Å². The van der Waals surface area contributed by atoms with E-state index in [2.05, 4.69) is 15.0 Å². The van der Waals surface area contributed by atoms with Crippen LogP contribution in [0.3, 0.4) is 0 Å². The average Bonchev–Trinajstić information content (AvgIpc) is 3.10. The molecule has 1 amide bonds. The first-order valence-electron chi connectivity index (χ1n) is 8.78. The van der Waals surface area contributed by atoms with Gasteiger partial charge in [-0.3, -0.25) is 9.52 Å². The van der Waals surface area contributed by atoms with Crippen LogP contribution >= 0.6 is 11.3 Å². The molecule has 1 heterocycles. The number of carbonyl (C=O) groups excluding carboxylic acids is 1. The number of carbonyl (C=O) groups is 1. The topological polar surface area (TPSA) is 97.4 Å². The smallest absolute Gasteiger partial charge is 0.251 e. The molecular weight excluding hydrogens is 410 g/mol. The van der Waals surface area contributed by atoms with E-state index in [4.69, 9.17) is 4.74 Å². The fourth-order valence-electron chi connectivity index (χ4n) is 2.59. The normalized spacial score (nSPS) is 11.1. The molecule has 3 rings (SSSR count). The van der Waals surface area contributed by atoms with Gasteiger partial charge in [0, 0.05) is 17.5 Å². The van der Waals surface area contributed by atoms with E-state index in [1.165, 1.54) is 0 Å². The molecule has 0 saturated heterocycles. The number of aryl methyl sites for hydroxylation is 1. The summed E-state index contributed by atoms with van der Waals surface area (Å²) in [4.78, 5) is 16.7. The molecule has 1 aromatic heterocycles. The van der Waals surface area contributed by atoms with Crippen LogP contribution in [0.15, 0.2) is 53.9 Å². The van der Waals surface area contributed by atoms with E-state index in [-0.39, 0.29) is 12.5 Å². The summed E-state index contributed by atoms with van der Waals surface area (Å²) in [7, 11) is -3.40. The number of sulfonamides is 1. The van der Waals surface area contributed by atoms with Crippen molar-refractivity contribution in [1.82, 2.24) is 10.3 Å². The van der Waals surface area contributed by atoms with Crippen LogP contribution in [0.5, 0.6) is 5.75 Å². The first-order chi connectivity index (χ1) is 13.8. The maximum Gasteiger partial charge on any atom is 0.251 e. The highest BCUT2D eigenvalue weighted by Crippen LogP contribution is 2.18. The Kier molecular flexibility index (Phi) is 6.50. The third kappa shape index (κ3) is 6.30. The van der Waals surface area contributed by atoms with Crippen LogP contribution in [0.25, 0.3) is 0 Å². The van der Waals surface area contributed by atoms with Crippen molar-refractivity contribution in [3.63, 3.8) is 0 Å². The number of thiazole rings is 1. The molecule has 3 aromatic rings. The zero-order chi connectivity index (χ0) is 20.9. The molecule has 0 bridgehead atoms. The summed E-state index contributed by atoms with van der Waals surface area (Å²) < 4.78 is 31.1. The van der Waals surface area contributed by atoms with Crippen molar-refractivity contribution in [2.75, 3.05) is 11.0 Å². The quantitative estimate of drug-likeness (QED) is 0.570. The first kappa shape index (κ1) is 20.8. The number of benzene rings is 2. The van der Waals surface area contributed by atoms with Crippen LogP contribution in [-0.2, 0) is 23.2 Å². The van der Waals surface area contributed by atoms with Gasteiger partial charge in [-0.25, -0.2) is 13.4 Å². The minimum Gasteiger partial charge on any atom is -0.487 e. The highest BCUT2D eigenvalue weighted by molar-refractivity contribution is 7.92. The molecule has 7 nitrogen and oxygen atoms in total. The Hall–Kier alpha value is -2.91. The van der Waals surface area contributed by atoms with Crippen molar-refractivity contribution in [2.24, 2.45) is 0 Å². The van der Waals surface area contributed by atoms with Gasteiger partial charge in [0.2, 0.25) is 10.0 Å². The molecule has 0 fully saturated rings. The Labute approximate surface area is 173 Å². The molecule has 29 heavy (non-hydrogen) atoms. The van der Waals surface area contributed by atoms with Crippen molar-refractivity contribution in [3.8, 4) is 5.75 Å². The molecule has 0 atom stereocenters. The van der Waals surface area contributed by atoms with E-state index in [0.29, 0.717) is 29.2 Å². The summed E-state index contributed by atoms with van der Waals surface area (Å²) in [6, 6.07) is 13.7. The van der Waals surface area contributed by atoms with Crippen LogP contribution in [-0.4, -0.2) is 25.6 Å². The molecule has 2 aromatic carbocycles. The number of para-hydroxylation sites is 1. The molecule has 0 unspecified atom stereocenters. The number of amides is 1. The highest BCUT2D eigenvalue weighted by atomic mass is 32.2. The number of hydrogen-bond acceptors (Lipinski definition) is 6. The fourth-order valence-corrected chi connectivity index (χ4v) is 3.78. The summed E-state index contributed by atoms with van der Waals surface area (Å²) in [5.41, 5.74) is 2.47. The van der Waals surface area contributed by atoms with E-state index in [1.807, 2.05) is 12.3 Å². The lowest BCUT2D eigenvalue weighted by Gasteiger charge is -2.12. The molecule has 0 aliphatic rings. The zero-order valence-corrected chi connectivity index (χ0v) is 17.6. The van der Waals surface area contributed by atoms with Gasteiger partial charge in [-0.2, -0.15) is 0 Å². The van der Waals surface area contributed by atoms with E-state index in [1.54, 1.807) is 59.9 Å². The molecule has 0 aliphatic heterocycles. The Balaban J connectivity index is 1.57. The number of nitrogens with one attached hydrogen (secondary N) is 2. The molecule has 0 aliphatic carbocycles. The second-order valence-corrected chi connectivity index (χ2v) is 9.20. The van der Waals surface area contributed by atoms with Gasteiger partial charge in [0.05, 0.1) is 22.6 Å². The Morgan fingerprint density at radius 2 is 1.86 bits per heavy atom. The Morgan fingerprint density at radius 1 is 1.14 bits per heavy atom. The maximum atomic E-state index is 12.4. The number of rotatable bonds is 8. The number of nitrogens with zero attached hydrogens (tertiary/aromatic N) is 1. The molecular formula is C20H21N3O4S2. The van der Waals surface area contributed by atoms with E-state index in [0.717, 1.165) is 17.0 Å². The lowest BCUT2D eigenvalue weighted by molar-refractivity contribution is 0.0951. The van der Waals surface area contributed by atoms with Crippen LogP contribution in [0, 0.1) is 6.92 Å². The van der Waals surface area contributed by atoms with Gasteiger partial charge in [0.1, 0.15) is 12.4 Å². The molecule has 152 valence electrons. The lowest BCUT2D eigenvalue weighted by Crippen LogP contribution is -2.23. The number of aromatic nitrogens is 1. The second kappa shape index (κ2) is 9.06. The van der Waals surface area contributed by atoms with Gasteiger partial charge >= 0.3 is 0 Å². The van der Waals surface area contributed by atoms with Gasteiger partial charge < -0.3 is 10.1 Å². The maximum absolute atomic E-state index is 12.4. The predicted octanol–water partition coefficient (Wildman–Crippen LogP) is 3.33. The Morgan fingerprint density at radius 3 is 2.52 bits per heavy atom. The largest absolute Gasteiger partial charge is 0.487 e. The van der Waals surface area contributed by atoms with E-state index in [9.17, 15) is 13.2 Å². The van der Waals surface area contributed by atoms with Crippen LogP contribution in [0.4, 0.5) is 5.69 Å². The summed E-state index contributed by atoms with van der Waals surface area (Å²) in [6.07, 6.45) is 1.08. The lowest BCUT2D eigenvalue weighted by atomic mass is 10.1. The highest BCUT2D eigenvalue weighted by Gasteiger charge is 2.10. The second-order valence-electron chi connectivity index (χ2n) is 6.38. The summed E-state index contributed by atoms with van der Waals surface area (Å²) in [5, 5.41) is 5.74. The van der Waals surface area contributed by atoms with Crippen molar-refractivity contribution in [3.05, 3.63) is 75.7 Å². The van der Waals surface area contributed by atoms with E-state index >= 15 is 0 Å². The average molecular weight is 432 g/mol. The van der Waals surface area contributed by atoms with Crippen LogP contribution in [0.1, 0.15) is 26.6 Å². The molecule has 0 spiro atoms. The minimum atomic E-state index is -3.40. The SMILES string of the molecule is Cc1nc(COc2ccc(C(=O)NCc3ccccc3NS(C)(=O)=O)cc2)cs1. The van der Waals surface area contributed by atoms with Crippen LogP contribution < -0.4 is 14.8 Å². The van der Waals surface area contributed by atoms with E-state index < -0.39 is 10.0 Å². The van der Waals surface area contributed by atoms with Crippen molar-refractivity contribution in [2.45, 2.75) is 20.1 Å². The summed E-state index contributed by atoms with van der Waals surface area (Å²) >= 11 is 1.57. The third-order valence-electron chi connectivity index (χ3n) is 3.92. The minimum absolute atomic E-state index is 0.193. The fraction of sp³-hybridized carbons (Fsp3) is 0.200. The Bertz CT molecular complexity index is 1090. The van der Waals surface area contributed by atoms with Gasteiger partial charge in [0.15, 0.2) is 0 Å². The molecule has 0 radical (unpaired) electrons. The van der Waals surface area contributed by atoms with Gasteiger partial charge in [-0.05, 0) is 42.8 Å². The van der Waals surface area contributed by atoms with Crippen molar-refractivity contribution >= 4 is 33.0 Å². The number of ether oxygens (including phenoxy) is 1. The van der Waals surface area contributed by atoms with Crippen molar-refractivity contribution in [1.29, 1.82) is 0 Å². The monoisotopic (exact) mass is 431 g/mol. The summed E-state index contributed by atoms with van der Waals surface area (Å²) in [5.74, 6) is 0.385. The number of hydrogen-bond donors (Lipinski definition) is 2. The number of anilines is 1. The standard InChI is InChI=1S/C20H21N3O4S2/c1-14-22-17(13-28-14)12-27-18-9-7-15(8-10-18)20(24)21-11-16-5-3-4-6-19(16)23-29(2,25)26/h3-10,13,23H,11-12H2,1-2H3,(H,21,24). The van der Waals surface area contributed by atoms with Gasteiger partial charge in [-0.1, -0.05) is 18.2 Å². The van der Waals surface area contributed by atoms with Gasteiger partial charge in [0.25, 0.3) is 5.91 Å². The third-order valence-corrected chi connectivity index (χ3v) is 5.33. The van der Waals surface area contributed by atoms with Crippen molar-refractivity contribution < 1.29 is 17.9 Å². The molecule has 9 heteroatoms. The zero-order valence-electron chi connectivity index (χ0n) is 16.0. The van der Waals surface area contributed by atoms with Crippen LogP contribution in [0.2, 0.25) is 0 Å². The molecule has 2 N–H and O–H groups in total. The molecule has 0 saturated carbocycles. The first-order valence-corrected chi connectivity index (χ1v) is 11.5. The predicted molar refractivity (Wildman–Crippen MR) is 114 cm³/mol. The summed E-state index contributed by atoms with van der Waals surface area (Å²) in [6.45, 7) is 2.51.